The second kappa shape index (κ2) is 12.3. The predicted molar refractivity (Wildman–Crippen MR) is 119 cm³/mol. The molecule has 1 fully saturated rings. The monoisotopic (exact) mass is 494 g/mol. The molecule has 0 saturated carbocycles. The highest BCUT2D eigenvalue weighted by Crippen LogP contribution is 2.24. The van der Waals surface area contributed by atoms with Gasteiger partial charge in [0, 0.05) is 49.3 Å². The van der Waals surface area contributed by atoms with E-state index in [1.807, 2.05) is 31.2 Å². The molecule has 3 rings (SSSR count). The molecule has 2 aromatic rings. The molecule has 0 aromatic heterocycles. The highest BCUT2D eigenvalue weighted by Gasteiger charge is 2.18. The van der Waals surface area contributed by atoms with Crippen LogP contribution in [-0.4, -0.2) is 69.8 Å². The molecule has 0 aliphatic carbocycles. The van der Waals surface area contributed by atoms with Gasteiger partial charge < -0.3 is 20.1 Å². The predicted octanol–water partition coefficient (Wildman–Crippen LogP) is 3.03. The molecule has 9 heteroatoms. The minimum atomic E-state index is -1.82. The Labute approximate surface area is 189 Å². The summed E-state index contributed by atoms with van der Waals surface area (Å²) in [5.41, 5.74) is 2.30. The second-order valence-electron chi connectivity index (χ2n) is 7.01. The molecule has 0 amide bonds. The van der Waals surface area contributed by atoms with Crippen molar-refractivity contribution in [3.63, 3.8) is 0 Å². The standard InChI is InChI=1S/C20H25BrN2O2.C2H2O4/c1-2-25-19-6-3-16(4-7-19)14-22-9-11-23(12-10-22)15-17-13-18(21)5-8-20(17)24;3-1(4)2(5)6/h3-8,13,24H,2,9-12,14-15H2,1H3;(H,3,4)(H,5,6). The van der Waals surface area contributed by atoms with Crippen LogP contribution < -0.4 is 4.74 Å². The molecule has 31 heavy (non-hydrogen) atoms. The Hall–Kier alpha value is -2.62. The smallest absolute Gasteiger partial charge is 0.414 e. The zero-order valence-electron chi connectivity index (χ0n) is 17.3. The average molecular weight is 495 g/mol. The molecule has 1 saturated heterocycles. The Balaban J connectivity index is 0.000000501. The van der Waals surface area contributed by atoms with E-state index in [-0.39, 0.29) is 0 Å². The van der Waals surface area contributed by atoms with Crippen molar-refractivity contribution in [1.29, 1.82) is 0 Å². The fourth-order valence-corrected chi connectivity index (χ4v) is 3.55. The van der Waals surface area contributed by atoms with Gasteiger partial charge in [0.2, 0.25) is 0 Å². The van der Waals surface area contributed by atoms with Gasteiger partial charge in [0.25, 0.3) is 0 Å². The summed E-state index contributed by atoms with van der Waals surface area (Å²) in [6.45, 7) is 8.59. The summed E-state index contributed by atoms with van der Waals surface area (Å²) in [4.78, 5) is 23.1. The van der Waals surface area contributed by atoms with Crippen molar-refractivity contribution in [2.24, 2.45) is 0 Å². The number of carbonyl (C=O) groups is 2. The molecule has 8 nitrogen and oxygen atoms in total. The van der Waals surface area contributed by atoms with E-state index < -0.39 is 11.9 Å². The zero-order chi connectivity index (χ0) is 22.8. The van der Waals surface area contributed by atoms with Crippen LogP contribution in [0.2, 0.25) is 0 Å². The van der Waals surface area contributed by atoms with Gasteiger partial charge in [-0.05, 0) is 42.8 Å². The SMILES string of the molecule is CCOc1ccc(CN2CCN(Cc3cc(Br)ccc3O)CC2)cc1.O=C(O)C(=O)O. The number of carboxylic acid groups (broad SMARTS) is 2. The molecule has 0 atom stereocenters. The largest absolute Gasteiger partial charge is 0.508 e. The van der Waals surface area contributed by atoms with Crippen LogP contribution in [0.5, 0.6) is 11.5 Å². The number of hydrogen-bond acceptors (Lipinski definition) is 6. The first-order chi connectivity index (χ1) is 14.8. The molecule has 0 spiro atoms. The van der Waals surface area contributed by atoms with Crippen LogP contribution in [0.25, 0.3) is 0 Å². The van der Waals surface area contributed by atoms with E-state index in [2.05, 4.69) is 37.9 Å². The summed E-state index contributed by atoms with van der Waals surface area (Å²) >= 11 is 3.48. The summed E-state index contributed by atoms with van der Waals surface area (Å²) in [5.74, 6) is -2.34. The maximum absolute atomic E-state index is 10.0. The normalized spacial score (nSPS) is 14.4. The van der Waals surface area contributed by atoms with Crippen molar-refractivity contribution in [3.05, 3.63) is 58.1 Å². The highest BCUT2D eigenvalue weighted by atomic mass is 79.9. The number of phenols is 1. The number of aromatic hydroxyl groups is 1. The number of piperazine rings is 1. The third kappa shape index (κ3) is 8.56. The Morgan fingerprint density at radius 3 is 2.00 bits per heavy atom. The van der Waals surface area contributed by atoms with Crippen molar-refractivity contribution in [2.45, 2.75) is 20.0 Å². The molecule has 3 N–H and O–H groups in total. The summed E-state index contributed by atoms with van der Waals surface area (Å²) in [6, 6.07) is 14.0. The Kier molecular flexibility index (Phi) is 9.77. The van der Waals surface area contributed by atoms with Crippen molar-refractivity contribution in [3.8, 4) is 11.5 Å². The van der Waals surface area contributed by atoms with Crippen LogP contribution in [0.4, 0.5) is 0 Å². The van der Waals surface area contributed by atoms with Gasteiger partial charge in [0.05, 0.1) is 6.61 Å². The Bertz CT molecular complexity index is 855. The van der Waals surface area contributed by atoms with E-state index in [1.165, 1.54) is 5.56 Å². The molecule has 0 radical (unpaired) electrons. The number of ether oxygens (including phenoxy) is 1. The lowest BCUT2D eigenvalue weighted by molar-refractivity contribution is -0.159. The van der Waals surface area contributed by atoms with Gasteiger partial charge >= 0.3 is 11.9 Å². The minimum Gasteiger partial charge on any atom is -0.508 e. The molecule has 2 aromatic carbocycles. The summed E-state index contributed by atoms with van der Waals surface area (Å²) in [7, 11) is 0. The Morgan fingerprint density at radius 1 is 0.935 bits per heavy atom. The van der Waals surface area contributed by atoms with Gasteiger partial charge in [0.15, 0.2) is 0 Å². The number of nitrogens with zero attached hydrogens (tertiary/aromatic N) is 2. The minimum absolute atomic E-state index is 0.375. The number of carboxylic acids is 2. The first-order valence-corrected chi connectivity index (χ1v) is 10.7. The number of phenolic OH excluding ortho intramolecular Hbond substituents is 1. The third-order valence-corrected chi connectivity index (χ3v) is 5.22. The fourth-order valence-electron chi connectivity index (χ4n) is 3.14. The first-order valence-electron chi connectivity index (χ1n) is 9.88. The van der Waals surface area contributed by atoms with Crippen LogP contribution in [0.3, 0.4) is 0 Å². The third-order valence-electron chi connectivity index (χ3n) is 4.72. The number of aliphatic carboxylic acids is 2. The molecule has 0 unspecified atom stereocenters. The molecule has 0 bridgehead atoms. The van der Waals surface area contributed by atoms with E-state index >= 15 is 0 Å². The van der Waals surface area contributed by atoms with Crippen LogP contribution in [0.1, 0.15) is 18.1 Å². The van der Waals surface area contributed by atoms with Crippen molar-refractivity contribution in [1.82, 2.24) is 9.80 Å². The van der Waals surface area contributed by atoms with Crippen molar-refractivity contribution in [2.75, 3.05) is 32.8 Å². The first kappa shape index (κ1) is 24.6. The summed E-state index contributed by atoms with van der Waals surface area (Å²) in [6.07, 6.45) is 0. The molecular formula is C22H27BrN2O6. The Morgan fingerprint density at radius 2 is 1.48 bits per heavy atom. The molecule has 1 aliphatic heterocycles. The van der Waals surface area contributed by atoms with Crippen molar-refractivity contribution < 1.29 is 29.6 Å². The average Bonchev–Trinajstić information content (AvgIpc) is 2.74. The zero-order valence-corrected chi connectivity index (χ0v) is 18.9. The maximum Gasteiger partial charge on any atom is 0.414 e. The van der Waals surface area contributed by atoms with Gasteiger partial charge in [0.1, 0.15) is 11.5 Å². The fraction of sp³-hybridized carbons (Fsp3) is 0.364. The van der Waals surface area contributed by atoms with Crippen molar-refractivity contribution >= 4 is 27.9 Å². The molecule has 168 valence electrons. The van der Waals surface area contributed by atoms with Gasteiger partial charge in [-0.2, -0.15) is 0 Å². The number of rotatable bonds is 6. The van der Waals surface area contributed by atoms with Crippen LogP contribution in [0.15, 0.2) is 46.9 Å². The molecule has 1 heterocycles. The van der Waals surface area contributed by atoms with E-state index in [4.69, 9.17) is 24.5 Å². The lowest BCUT2D eigenvalue weighted by Crippen LogP contribution is -2.45. The second-order valence-corrected chi connectivity index (χ2v) is 7.93. The lowest BCUT2D eigenvalue weighted by atomic mass is 10.1. The van der Waals surface area contributed by atoms with Crippen LogP contribution in [0, 0.1) is 0 Å². The highest BCUT2D eigenvalue weighted by molar-refractivity contribution is 9.10. The van der Waals surface area contributed by atoms with E-state index in [0.29, 0.717) is 12.4 Å². The van der Waals surface area contributed by atoms with E-state index in [1.54, 1.807) is 6.07 Å². The lowest BCUT2D eigenvalue weighted by Gasteiger charge is -2.34. The van der Waals surface area contributed by atoms with Crippen LogP contribution >= 0.6 is 15.9 Å². The maximum atomic E-state index is 10.0. The number of hydrogen-bond donors (Lipinski definition) is 3. The molecule has 1 aliphatic rings. The van der Waals surface area contributed by atoms with Gasteiger partial charge in [-0.15, -0.1) is 0 Å². The number of halogens is 1. The summed E-state index contributed by atoms with van der Waals surface area (Å²) < 4.78 is 6.50. The van der Waals surface area contributed by atoms with E-state index in [0.717, 1.165) is 55.1 Å². The quantitative estimate of drug-likeness (QED) is 0.525. The van der Waals surface area contributed by atoms with Gasteiger partial charge in [-0.25, -0.2) is 9.59 Å². The van der Waals surface area contributed by atoms with Gasteiger partial charge in [-0.3, -0.25) is 9.80 Å². The topological polar surface area (TPSA) is 111 Å². The number of benzene rings is 2. The van der Waals surface area contributed by atoms with Gasteiger partial charge in [-0.1, -0.05) is 28.1 Å². The van der Waals surface area contributed by atoms with Crippen LogP contribution in [-0.2, 0) is 22.7 Å². The van der Waals surface area contributed by atoms with E-state index in [9.17, 15) is 5.11 Å². The summed E-state index contributed by atoms with van der Waals surface area (Å²) in [5, 5.41) is 24.8. The molecular weight excluding hydrogens is 468 g/mol.